The molecule has 0 aromatic rings. The Hall–Kier alpha value is -0.810. The third-order valence-electron chi connectivity index (χ3n) is 2.79. The Morgan fingerprint density at radius 2 is 2.54 bits per heavy atom. The molecule has 0 aliphatic heterocycles. The molecule has 0 aromatic heterocycles. The summed E-state index contributed by atoms with van der Waals surface area (Å²) in [5.41, 5.74) is 1.55. The minimum atomic E-state index is 0.865. The van der Waals surface area contributed by atoms with Crippen molar-refractivity contribution < 1.29 is 4.79 Å². The van der Waals surface area contributed by atoms with E-state index < -0.39 is 0 Å². The lowest BCUT2D eigenvalue weighted by Gasteiger charge is -2.19. The summed E-state index contributed by atoms with van der Waals surface area (Å²) in [6.45, 7) is 2.21. The minimum Gasteiger partial charge on any atom is -0.234 e. The van der Waals surface area contributed by atoms with Crippen LogP contribution in [-0.2, 0) is 4.79 Å². The van der Waals surface area contributed by atoms with E-state index in [2.05, 4.69) is 13.0 Å². The molecule has 13 heavy (non-hydrogen) atoms. The first-order valence-corrected chi connectivity index (χ1v) is 5.18. The maximum absolute atomic E-state index is 9.91. The fourth-order valence-electron chi connectivity index (χ4n) is 1.85. The molecule has 0 spiro atoms. The highest BCUT2D eigenvalue weighted by Crippen LogP contribution is 2.26. The van der Waals surface area contributed by atoms with Crippen LogP contribution in [0.2, 0.25) is 0 Å². The van der Waals surface area contributed by atoms with Gasteiger partial charge in [0.15, 0.2) is 0 Å². The van der Waals surface area contributed by atoms with E-state index in [9.17, 15) is 4.79 Å². The molecule has 0 heterocycles. The molecule has 0 amide bonds. The van der Waals surface area contributed by atoms with E-state index >= 15 is 0 Å². The van der Waals surface area contributed by atoms with Crippen LogP contribution in [0.4, 0.5) is 0 Å². The Bertz CT molecular complexity index is 221. The van der Waals surface area contributed by atoms with Crippen LogP contribution in [0.15, 0.2) is 17.7 Å². The average Bonchev–Trinajstić information content (AvgIpc) is 2.15. The normalized spacial score (nSPS) is 21.9. The maximum Gasteiger partial charge on any atom is 0.120 e. The molecule has 1 atom stereocenters. The molecule has 1 nitrogen and oxygen atoms in total. The van der Waals surface area contributed by atoms with Gasteiger partial charge < -0.3 is 0 Å². The minimum absolute atomic E-state index is 0.865. The molecular formula is C12H18O. The molecule has 0 saturated carbocycles. The van der Waals surface area contributed by atoms with Crippen LogP contribution in [0, 0.1) is 5.92 Å². The molecule has 1 unspecified atom stereocenters. The molecule has 1 aliphatic carbocycles. The Kier molecular flexibility index (Phi) is 4.56. The Balaban J connectivity index is 2.13. The fourth-order valence-corrected chi connectivity index (χ4v) is 1.85. The van der Waals surface area contributed by atoms with Gasteiger partial charge in [0.2, 0.25) is 0 Å². The van der Waals surface area contributed by atoms with Crippen LogP contribution in [0.5, 0.6) is 0 Å². The van der Waals surface area contributed by atoms with Gasteiger partial charge in [0, 0.05) is 0 Å². The zero-order valence-corrected chi connectivity index (χ0v) is 8.38. The van der Waals surface area contributed by atoms with Crippen LogP contribution < -0.4 is 0 Å². The number of carbonyl (C=O) groups excluding carboxylic acids is 1. The predicted octanol–water partition coefficient (Wildman–Crippen LogP) is 3.29. The first-order chi connectivity index (χ1) is 6.33. The topological polar surface area (TPSA) is 17.1 Å². The van der Waals surface area contributed by atoms with Gasteiger partial charge >= 0.3 is 0 Å². The van der Waals surface area contributed by atoms with Crippen LogP contribution >= 0.6 is 0 Å². The number of allylic oxidation sites excluding steroid dienone is 3. The third-order valence-corrected chi connectivity index (χ3v) is 2.79. The number of hydrogen-bond acceptors (Lipinski definition) is 1. The molecule has 1 aliphatic rings. The van der Waals surface area contributed by atoms with Gasteiger partial charge in [-0.2, -0.15) is 0 Å². The summed E-state index contributed by atoms with van der Waals surface area (Å²) in [5.74, 6) is 2.69. The van der Waals surface area contributed by atoms with Crippen molar-refractivity contribution in [2.24, 2.45) is 5.92 Å². The summed E-state index contributed by atoms with van der Waals surface area (Å²) in [7, 11) is 0. The lowest BCUT2D eigenvalue weighted by Crippen LogP contribution is -2.04. The van der Waals surface area contributed by atoms with E-state index in [1.807, 2.05) is 5.94 Å². The average molecular weight is 178 g/mol. The first-order valence-electron chi connectivity index (χ1n) is 5.18. The second kappa shape index (κ2) is 5.77. The van der Waals surface area contributed by atoms with Gasteiger partial charge in [0.25, 0.3) is 0 Å². The van der Waals surface area contributed by atoms with Gasteiger partial charge in [-0.05, 0) is 57.4 Å². The van der Waals surface area contributed by atoms with Crippen molar-refractivity contribution in [2.75, 3.05) is 0 Å². The number of unbranched alkanes of at least 4 members (excludes halogenated alkanes) is 1. The van der Waals surface area contributed by atoms with Crippen molar-refractivity contribution in [1.82, 2.24) is 0 Å². The van der Waals surface area contributed by atoms with E-state index in [0.717, 1.165) is 18.8 Å². The van der Waals surface area contributed by atoms with Crippen molar-refractivity contribution in [3.63, 3.8) is 0 Å². The van der Waals surface area contributed by atoms with Gasteiger partial charge in [0.05, 0.1) is 0 Å². The molecule has 0 radical (unpaired) electrons. The quantitative estimate of drug-likeness (QED) is 0.367. The number of hydrogen-bond donors (Lipinski definition) is 0. The second-order valence-electron chi connectivity index (χ2n) is 3.94. The Labute approximate surface area is 80.5 Å². The lowest BCUT2D eigenvalue weighted by molar-refractivity contribution is 0.426. The standard InChI is InChI=1S/C12H18O/c1-11-6-8-12(9-7-11)5-3-2-4-10-13/h4,6,12H,2-3,5,7-9H2,1H3. The largest absolute Gasteiger partial charge is 0.234 e. The van der Waals surface area contributed by atoms with Crippen LogP contribution in [0.1, 0.15) is 45.4 Å². The SMILES string of the molecule is CC1=CCC(CCCC=C=O)CC1. The van der Waals surface area contributed by atoms with Gasteiger partial charge in [-0.15, -0.1) is 0 Å². The molecule has 0 saturated heterocycles. The third kappa shape index (κ3) is 4.10. The van der Waals surface area contributed by atoms with Crippen molar-refractivity contribution in [1.29, 1.82) is 0 Å². The van der Waals surface area contributed by atoms with Gasteiger partial charge in [0.1, 0.15) is 5.94 Å². The van der Waals surface area contributed by atoms with E-state index in [-0.39, 0.29) is 0 Å². The van der Waals surface area contributed by atoms with Gasteiger partial charge in [-0.25, -0.2) is 4.79 Å². The van der Waals surface area contributed by atoms with E-state index in [0.29, 0.717) is 0 Å². The summed E-state index contributed by atoms with van der Waals surface area (Å²) in [5, 5.41) is 0. The van der Waals surface area contributed by atoms with E-state index in [1.165, 1.54) is 25.7 Å². The van der Waals surface area contributed by atoms with Crippen LogP contribution in [0.25, 0.3) is 0 Å². The molecule has 0 fully saturated rings. The van der Waals surface area contributed by atoms with E-state index in [4.69, 9.17) is 0 Å². The molecule has 72 valence electrons. The first kappa shape index (κ1) is 10.3. The van der Waals surface area contributed by atoms with E-state index in [1.54, 1.807) is 11.6 Å². The highest BCUT2D eigenvalue weighted by atomic mass is 16.1. The predicted molar refractivity (Wildman–Crippen MR) is 55.2 cm³/mol. The van der Waals surface area contributed by atoms with Crippen LogP contribution in [-0.4, -0.2) is 5.94 Å². The van der Waals surface area contributed by atoms with Crippen molar-refractivity contribution >= 4 is 5.94 Å². The van der Waals surface area contributed by atoms with Crippen molar-refractivity contribution in [2.45, 2.75) is 45.4 Å². The molecule has 1 rings (SSSR count). The summed E-state index contributed by atoms with van der Waals surface area (Å²) in [4.78, 5) is 9.91. The summed E-state index contributed by atoms with van der Waals surface area (Å²) >= 11 is 0. The Morgan fingerprint density at radius 1 is 1.69 bits per heavy atom. The summed E-state index contributed by atoms with van der Waals surface area (Å²) < 4.78 is 0. The second-order valence-corrected chi connectivity index (χ2v) is 3.94. The smallest absolute Gasteiger partial charge is 0.120 e. The fraction of sp³-hybridized carbons (Fsp3) is 0.667. The zero-order valence-electron chi connectivity index (χ0n) is 8.38. The molecule has 1 heteroatoms. The maximum atomic E-state index is 9.91. The lowest BCUT2D eigenvalue weighted by atomic mass is 9.87. The Morgan fingerprint density at radius 3 is 3.15 bits per heavy atom. The van der Waals surface area contributed by atoms with Crippen LogP contribution in [0.3, 0.4) is 0 Å². The summed E-state index contributed by atoms with van der Waals surface area (Å²) in [6.07, 6.45) is 11.1. The van der Waals surface area contributed by atoms with Crippen molar-refractivity contribution in [3.05, 3.63) is 17.7 Å². The summed E-state index contributed by atoms with van der Waals surface area (Å²) in [6, 6.07) is 0. The molecular weight excluding hydrogens is 160 g/mol. The van der Waals surface area contributed by atoms with Crippen molar-refractivity contribution in [3.8, 4) is 0 Å². The van der Waals surface area contributed by atoms with Gasteiger partial charge in [-0.3, -0.25) is 0 Å². The monoisotopic (exact) mass is 178 g/mol. The molecule has 0 bridgehead atoms. The number of rotatable bonds is 4. The highest BCUT2D eigenvalue weighted by molar-refractivity contribution is 5.44. The zero-order chi connectivity index (χ0) is 9.52. The van der Waals surface area contributed by atoms with Gasteiger partial charge in [-0.1, -0.05) is 11.6 Å². The highest BCUT2D eigenvalue weighted by Gasteiger charge is 2.11. The molecule has 0 N–H and O–H groups in total. The molecule has 0 aromatic carbocycles.